The Morgan fingerprint density at radius 2 is 1.44 bits per heavy atom. The monoisotopic (exact) mass is 668 g/mol. The van der Waals surface area contributed by atoms with Crippen molar-refractivity contribution < 1.29 is 49.4 Å². The fraction of sp³-hybridized carbons (Fsp3) is 0.500. The quantitative estimate of drug-likeness (QED) is 0.212. The molecule has 1 heterocycles. The van der Waals surface area contributed by atoms with Gasteiger partial charge in [-0.1, -0.05) is 27.2 Å². The number of esters is 2. The second-order valence-electron chi connectivity index (χ2n) is 12.0. The van der Waals surface area contributed by atoms with Gasteiger partial charge in [-0.25, -0.2) is 30.4 Å². The highest BCUT2D eigenvalue weighted by Gasteiger charge is 2.43. The highest BCUT2D eigenvalue weighted by atomic mass is 32.3. The zero-order chi connectivity index (χ0) is 33.1. The highest BCUT2D eigenvalue weighted by molar-refractivity contribution is 8.09. The summed E-state index contributed by atoms with van der Waals surface area (Å²) in [6, 6.07) is 7.29. The third-order valence-electron chi connectivity index (χ3n) is 8.34. The van der Waals surface area contributed by atoms with Gasteiger partial charge in [-0.05, 0) is 98.0 Å². The molecule has 1 saturated carbocycles. The SMILES string of the molecule is CC(=O)O[C@H](CCC(S(=O)(=O)c1ccc(F)cc1)S(=O)(=O)c1ccc(F)cc1)C1=C[C@H](O[C@@H]2C[C@H](C)CC[C@H]2C(C)C)OC1=O. The lowest BCUT2D eigenvalue weighted by Crippen LogP contribution is -2.36. The molecule has 1 aliphatic heterocycles. The number of halogens is 2. The van der Waals surface area contributed by atoms with E-state index >= 15 is 0 Å². The normalized spacial score (nSPS) is 23.1. The summed E-state index contributed by atoms with van der Waals surface area (Å²) < 4.78 is 97.0. The molecule has 0 aromatic heterocycles. The van der Waals surface area contributed by atoms with Gasteiger partial charge in [0.1, 0.15) is 17.7 Å². The Bertz CT molecular complexity index is 1540. The number of benzene rings is 2. The van der Waals surface area contributed by atoms with Crippen molar-refractivity contribution in [3.63, 3.8) is 0 Å². The van der Waals surface area contributed by atoms with Crippen molar-refractivity contribution in [1.29, 1.82) is 0 Å². The summed E-state index contributed by atoms with van der Waals surface area (Å²) in [5.74, 6) is -2.09. The van der Waals surface area contributed by atoms with Crippen molar-refractivity contribution in [3.8, 4) is 0 Å². The van der Waals surface area contributed by atoms with Crippen LogP contribution in [-0.2, 0) is 43.5 Å². The largest absolute Gasteiger partial charge is 0.457 e. The zero-order valence-corrected chi connectivity index (χ0v) is 27.2. The fourth-order valence-corrected chi connectivity index (χ4v) is 10.5. The van der Waals surface area contributed by atoms with Crippen LogP contribution in [-0.4, -0.2) is 51.9 Å². The van der Waals surface area contributed by atoms with Crippen molar-refractivity contribution in [3.05, 3.63) is 71.8 Å². The van der Waals surface area contributed by atoms with Crippen LogP contribution < -0.4 is 0 Å². The lowest BCUT2D eigenvalue weighted by Gasteiger charge is -2.37. The van der Waals surface area contributed by atoms with Crippen LogP contribution in [0.15, 0.2) is 70.0 Å². The second kappa shape index (κ2) is 14.1. The summed E-state index contributed by atoms with van der Waals surface area (Å²) in [6.07, 6.45) is 0.529. The molecule has 246 valence electrons. The fourth-order valence-electron chi connectivity index (χ4n) is 5.97. The summed E-state index contributed by atoms with van der Waals surface area (Å²) >= 11 is 0. The Hall–Kier alpha value is -3.16. The van der Waals surface area contributed by atoms with Crippen LogP contribution in [0.4, 0.5) is 8.78 Å². The summed E-state index contributed by atoms with van der Waals surface area (Å²) in [7, 11) is -9.39. The third kappa shape index (κ3) is 8.17. The zero-order valence-electron chi connectivity index (χ0n) is 25.5. The molecule has 0 spiro atoms. The molecule has 0 radical (unpaired) electrons. The minimum Gasteiger partial charge on any atom is -0.457 e. The number of carbonyl (C=O) groups excluding carboxylic acids is 2. The molecule has 2 aromatic rings. The molecule has 1 fully saturated rings. The molecule has 0 saturated heterocycles. The Morgan fingerprint density at radius 3 is 1.93 bits per heavy atom. The standard InChI is InChI=1S/C32H38F2O9S2/c1-19(2)26-14-5-20(3)17-29(26)42-30-18-27(32(36)43-30)28(41-21(4)35)15-16-31(44(37,38)24-10-6-22(33)7-11-24)45(39,40)25-12-8-23(34)9-13-25/h6-13,18-20,26,28-31H,5,14-17H2,1-4H3/t20-,26+,28-,29-,30-/m1/s1. The topological polar surface area (TPSA) is 130 Å². The van der Waals surface area contributed by atoms with E-state index in [1.54, 1.807) is 0 Å². The number of ether oxygens (including phenoxy) is 3. The van der Waals surface area contributed by atoms with E-state index in [4.69, 9.17) is 14.2 Å². The van der Waals surface area contributed by atoms with Crippen molar-refractivity contribution in [2.75, 3.05) is 0 Å². The van der Waals surface area contributed by atoms with Crippen LogP contribution in [0.1, 0.15) is 59.8 Å². The van der Waals surface area contributed by atoms with E-state index in [0.717, 1.165) is 74.7 Å². The van der Waals surface area contributed by atoms with Gasteiger partial charge in [0.15, 0.2) is 24.3 Å². The summed E-state index contributed by atoms with van der Waals surface area (Å²) in [4.78, 5) is 24.2. The number of rotatable bonds is 12. The van der Waals surface area contributed by atoms with Gasteiger partial charge in [-0.3, -0.25) is 4.79 Å². The molecular weight excluding hydrogens is 630 g/mol. The van der Waals surface area contributed by atoms with Gasteiger partial charge in [0, 0.05) is 6.92 Å². The van der Waals surface area contributed by atoms with Gasteiger partial charge in [-0.15, -0.1) is 0 Å². The minimum atomic E-state index is -4.69. The van der Waals surface area contributed by atoms with Crippen molar-refractivity contribution >= 4 is 31.6 Å². The molecule has 0 unspecified atom stereocenters. The summed E-state index contributed by atoms with van der Waals surface area (Å²) in [6.45, 7) is 7.43. The first-order valence-corrected chi connectivity index (χ1v) is 17.9. The molecule has 9 nitrogen and oxygen atoms in total. The predicted octanol–water partition coefficient (Wildman–Crippen LogP) is 5.54. The van der Waals surface area contributed by atoms with Gasteiger partial charge >= 0.3 is 11.9 Å². The average molecular weight is 669 g/mol. The predicted molar refractivity (Wildman–Crippen MR) is 160 cm³/mol. The van der Waals surface area contributed by atoms with E-state index in [-0.39, 0.29) is 17.6 Å². The van der Waals surface area contributed by atoms with Gasteiger partial charge in [0.2, 0.25) is 6.29 Å². The molecular formula is C32H38F2O9S2. The van der Waals surface area contributed by atoms with Crippen LogP contribution in [0.3, 0.4) is 0 Å². The molecule has 0 N–H and O–H groups in total. The van der Waals surface area contributed by atoms with Gasteiger partial charge in [0.05, 0.1) is 21.5 Å². The third-order valence-corrected chi connectivity index (χ3v) is 13.6. The van der Waals surface area contributed by atoms with Crippen LogP contribution >= 0.6 is 0 Å². The molecule has 4 rings (SSSR count). The number of hydrogen-bond donors (Lipinski definition) is 0. The minimum absolute atomic E-state index is 0.0998. The maximum atomic E-state index is 13.7. The first-order valence-electron chi connectivity index (χ1n) is 14.8. The maximum Gasteiger partial charge on any atom is 0.340 e. The van der Waals surface area contributed by atoms with Crippen LogP contribution in [0, 0.1) is 29.4 Å². The molecule has 1 aliphatic carbocycles. The average Bonchev–Trinajstić information content (AvgIpc) is 3.32. The lowest BCUT2D eigenvalue weighted by molar-refractivity contribution is -0.179. The van der Waals surface area contributed by atoms with E-state index < -0.39 is 82.9 Å². The molecule has 0 amide bonds. The van der Waals surface area contributed by atoms with E-state index in [1.165, 1.54) is 6.08 Å². The summed E-state index contributed by atoms with van der Waals surface area (Å²) in [5, 5.41) is 0. The lowest BCUT2D eigenvalue weighted by atomic mass is 9.75. The molecule has 5 atom stereocenters. The van der Waals surface area contributed by atoms with Crippen LogP contribution in [0.5, 0.6) is 0 Å². The van der Waals surface area contributed by atoms with Gasteiger partial charge in [0.25, 0.3) is 0 Å². The van der Waals surface area contributed by atoms with Gasteiger partial charge in [-0.2, -0.15) is 0 Å². The molecule has 0 bridgehead atoms. The first-order chi connectivity index (χ1) is 21.1. The summed E-state index contributed by atoms with van der Waals surface area (Å²) in [5.41, 5.74) is -0.0998. The van der Waals surface area contributed by atoms with Gasteiger partial charge < -0.3 is 14.2 Å². The second-order valence-corrected chi connectivity index (χ2v) is 16.6. The van der Waals surface area contributed by atoms with Crippen molar-refractivity contribution in [2.24, 2.45) is 17.8 Å². The Balaban J connectivity index is 1.65. The molecule has 13 heteroatoms. The number of hydrogen-bond acceptors (Lipinski definition) is 9. The highest BCUT2D eigenvalue weighted by Crippen LogP contribution is 2.38. The smallest absolute Gasteiger partial charge is 0.340 e. The van der Waals surface area contributed by atoms with E-state index in [0.29, 0.717) is 11.8 Å². The van der Waals surface area contributed by atoms with Crippen molar-refractivity contribution in [1.82, 2.24) is 0 Å². The van der Waals surface area contributed by atoms with E-state index in [2.05, 4.69) is 20.8 Å². The van der Waals surface area contributed by atoms with Crippen molar-refractivity contribution in [2.45, 2.75) is 92.7 Å². The van der Waals surface area contributed by atoms with E-state index in [1.807, 2.05) is 0 Å². The molecule has 45 heavy (non-hydrogen) atoms. The first kappa shape index (κ1) is 34.7. The Kier molecular flexibility index (Phi) is 10.9. The number of cyclic esters (lactones) is 1. The molecule has 2 aliphatic rings. The Labute approximate surface area is 262 Å². The Morgan fingerprint density at radius 1 is 0.911 bits per heavy atom. The number of sulfone groups is 2. The maximum absolute atomic E-state index is 13.7. The number of carbonyl (C=O) groups is 2. The van der Waals surface area contributed by atoms with Crippen LogP contribution in [0.25, 0.3) is 0 Å². The van der Waals surface area contributed by atoms with E-state index in [9.17, 15) is 35.2 Å². The molecule has 2 aromatic carbocycles. The van der Waals surface area contributed by atoms with Crippen LogP contribution in [0.2, 0.25) is 0 Å².